The van der Waals surface area contributed by atoms with Crippen molar-refractivity contribution in [3.63, 3.8) is 0 Å². The average molecular weight is 293 g/mol. The fraction of sp³-hybridized carbons (Fsp3) is 0.133. The summed E-state index contributed by atoms with van der Waals surface area (Å²) in [5.74, 6) is -0.808. The highest BCUT2D eigenvalue weighted by molar-refractivity contribution is 7.99. The van der Waals surface area contributed by atoms with Gasteiger partial charge in [-0.3, -0.25) is 4.79 Å². The van der Waals surface area contributed by atoms with E-state index in [0.29, 0.717) is 0 Å². The van der Waals surface area contributed by atoms with Crippen LogP contribution in [0.15, 0.2) is 52.3 Å². The molecule has 4 heteroatoms. The third kappa shape index (κ3) is 4.01. The monoisotopic (exact) mass is 292 g/mol. The van der Waals surface area contributed by atoms with Crippen LogP contribution in [-0.2, 0) is 11.2 Å². The van der Waals surface area contributed by atoms with Crippen molar-refractivity contribution in [3.05, 3.63) is 58.6 Å². The van der Waals surface area contributed by atoms with Crippen molar-refractivity contribution >= 4 is 29.3 Å². The normalized spacial score (nSPS) is 10.4. The topological polar surface area (TPSA) is 37.3 Å². The highest BCUT2D eigenvalue weighted by Gasteiger charge is 2.05. The minimum atomic E-state index is -0.808. The molecular weight excluding hydrogens is 280 g/mol. The van der Waals surface area contributed by atoms with Crippen LogP contribution in [0.1, 0.15) is 11.1 Å². The second-order valence-corrected chi connectivity index (χ2v) is 5.78. The first-order chi connectivity index (χ1) is 9.04. The molecule has 2 rings (SSSR count). The van der Waals surface area contributed by atoms with Crippen LogP contribution in [0.4, 0.5) is 0 Å². The maximum atomic E-state index is 10.7. The summed E-state index contributed by atoms with van der Waals surface area (Å²) in [4.78, 5) is 12.9. The predicted molar refractivity (Wildman–Crippen MR) is 78.1 cm³/mol. The Labute approximate surface area is 121 Å². The summed E-state index contributed by atoms with van der Waals surface area (Å²) in [5.41, 5.74) is 1.91. The molecule has 0 aliphatic carbocycles. The summed E-state index contributed by atoms with van der Waals surface area (Å²) in [5, 5.41) is 9.49. The van der Waals surface area contributed by atoms with E-state index in [2.05, 4.69) is 0 Å². The number of carboxylic acids is 1. The first kappa shape index (κ1) is 14.0. The zero-order valence-electron chi connectivity index (χ0n) is 10.4. The average Bonchev–Trinajstić information content (AvgIpc) is 2.34. The number of aryl methyl sites for hydroxylation is 1. The van der Waals surface area contributed by atoms with Gasteiger partial charge in [-0.05, 0) is 48.4 Å². The summed E-state index contributed by atoms with van der Waals surface area (Å²) in [6.45, 7) is 1.99. The van der Waals surface area contributed by atoms with Crippen LogP contribution in [0.5, 0.6) is 0 Å². The molecule has 0 aromatic heterocycles. The smallest absolute Gasteiger partial charge is 0.307 e. The zero-order valence-corrected chi connectivity index (χ0v) is 12.0. The number of carbonyl (C=O) groups is 1. The van der Waals surface area contributed by atoms with Gasteiger partial charge in [-0.2, -0.15) is 0 Å². The minimum absolute atomic E-state index is 0.0622. The van der Waals surface area contributed by atoms with Gasteiger partial charge in [0, 0.05) is 14.8 Å². The highest BCUT2D eigenvalue weighted by atomic mass is 35.5. The first-order valence-electron chi connectivity index (χ1n) is 5.79. The lowest BCUT2D eigenvalue weighted by Crippen LogP contribution is -2.00. The number of halogens is 1. The number of benzene rings is 2. The summed E-state index contributed by atoms with van der Waals surface area (Å²) >= 11 is 7.49. The molecule has 0 fully saturated rings. The van der Waals surface area contributed by atoms with Crippen LogP contribution in [0, 0.1) is 6.92 Å². The van der Waals surface area contributed by atoms with Gasteiger partial charge in [0.25, 0.3) is 0 Å². The predicted octanol–water partition coefficient (Wildman–Crippen LogP) is 4.43. The molecule has 19 heavy (non-hydrogen) atoms. The summed E-state index contributed by atoms with van der Waals surface area (Å²) in [6, 6.07) is 13.4. The molecule has 0 radical (unpaired) electrons. The minimum Gasteiger partial charge on any atom is -0.481 e. The molecule has 0 atom stereocenters. The van der Waals surface area contributed by atoms with Gasteiger partial charge in [0.1, 0.15) is 0 Å². The molecule has 0 unspecified atom stereocenters. The van der Waals surface area contributed by atoms with E-state index in [1.54, 1.807) is 11.8 Å². The van der Waals surface area contributed by atoms with E-state index in [4.69, 9.17) is 16.7 Å². The fourth-order valence-electron chi connectivity index (χ4n) is 1.74. The Balaban J connectivity index is 2.17. The van der Waals surface area contributed by atoms with Gasteiger partial charge in [-0.1, -0.05) is 35.5 Å². The third-order valence-electron chi connectivity index (χ3n) is 2.64. The van der Waals surface area contributed by atoms with Crippen molar-refractivity contribution in [1.82, 2.24) is 0 Å². The lowest BCUT2D eigenvalue weighted by atomic mass is 10.1. The second-order valence-electron chi connectivity index (χ2n) is 4.23. The molecular formula is C15H13ClO2S. The first-order valence-corrected chi connectivity index (χ1v) is 6.99. The van der Waals surface area contributed by atoms with Crippen LogP contribution in [-0.4, -0.2) is 11.1 Å². The third-order valence-corrected chi connectivity index (χ3v) is 4.07. The second kappa shape index (κ2) is 6.13. The Morgan fingerprint density at radius 1 is 1.21 bits per heavy atom. The largest absolute Gasteiger partial charge is 0.481 e. The summed E-state index contributed by atoms with van der Waals surface area (Å²) in [6.07, 6.45) is 0.0622. The molecule has 0 bridgehead atoms. The van der Waals surface area contributed by atoms with E-state index >= 15 is 0 Å². The Morgan fingerprint density at radius 2 is 1.89 bits per heavy atom. The van der Waals surface area contributed by atoms with Crippen molar-refractivity contribution in [1.29, 1.82) is 0 Å². The van der Waals surface area contributed by atoms with E-state index < -0.39 is 5.97 Å². The van der Waals surface area contributed by atoms with Crippen molar-refractivity contribution in [2.45, 2.75) is 23.1 Å². The number of hydrogen-bond acceptors (Lipinski definition) is 2. The fourth-order valence-corrected chi connectivity index (χ4v) is 2.75. The van der Waals surface area contributed by atoms with Gasteiger partial charge in [0.2, 0.25) is 0 Å². The number of rotatable bonds is 4. The lowest BCUT2D eigenvalue weighted by molar-refractivity contribution is -0.136. The van der Waals surface area contributed by atoms with Crippen molar-refractivity contribution in [2.24, 2.45) is 0 Å². The summed E-state index contributed by atoms with van der Waals surface area (Å²) in [7, 11) is 0. The van der Waals surface area contributed by atoms with Crippen LogP contribution >= 0.6 is 23.4 Å². The Kier molecular flexibility index (Phi) is 4.51. The van der Waals surface area contributed by atoms with Crippen LogP contribution in [0.3, 0.4) is 0 Å². The van der Waals surface area contributed by atoms with E-state index in [-0.39, 0.29) is 6.42 Å². The number of hydrogen-bond donors (Lipinski definition) is 1. The molecule has 1 N–H and O–H groups in total. The molecule has 2 nitrogen and oxygen atoms in total. The standard InChI is InChI=1S/C15H13ClO2S/c1-10-8-11(9-15(17)18)2-7-14(10)19-13-5-3-12(16)4-6-13/h2-8H,9H2,1H3,(H,17,18). The van der Waals surface area contributed by atoms with Gasteiger partial charge in [0.15, 0.2) is 0 Å². The van der Waals surface area contributed by atoms with Gasteiger partial charge in [-0.25, -0.2) is 0 Å². The highest BCUT2D eigenvalue weighted by Crippen LogP contribution is 2.31. The molecule has 0 spiro atoms. The Morgan fingerprint density at radius 3 is 2.47 bits per heavy atom. The van der Waals surface area contributed by atoms with Gasteiger partial charge < -0.3 is 5.11 Å². The summed E-state index contributed by atoms with van der Waals surface area (Å²) < 4.78 is 0. The van der Waals surface area contributed by atoms with E-state index in [0.717, 1.165) is 25.9 Å². The zero-order chi connectivity index (χ0) is 13.8. The molecule has 98 valence electrons. The molecule has 0 heterocycles. The van der Waals surface area contributed by atoms with E-state index in [1.165, 1.54) is 0 Å². The molecule has 2 aromatic carbocycles. The van der Waals surface area contributed by atoms with E-state index in [1.807, 2.05) is 49.4 Å². The van der Waals surface area contributed by atoms with Gasteiger partial charge in [-0.15, -0.1) is 0 Å². The lowest BCUT2D eigenvalue weighted by Gasteiger charge is -2.07. The van der Waals surface area contributed by atoms with Crippen molar-refractivity contribution in [3.8, 4) is 0 Å². The van der Waals surface area contributed by atoms with Crippen molar-refractivity contribution in [2.75, 3.05) is 0 Å². The molecule has 0 aliphatic rings. The van der Waals surface area contributed by atoms with Crippen LogP contribution in [0.2, 0.25) is 5.02 Å². The van der Waals surface area contributed by atoms with Crippen LogP contribution < -0.4 is 0 Å². The molecule has 0 saturated heterocycles. The number of carboxylic acid groups (broad SMARTS) is 1. The van der Waals surface area contributed by atoms with Crippen LogP contribution in [0.25, 0.3) is 0 Å². The Hall–Kier alpha value is -1.45. The molecule has 0 amide bonds. The maximum absolute atomic E-state index is 10.7. The van der Waals surface area contributed by atoms with Gasteiger partial charge >= 0.3 is 5.97 Å². The van der Waals surface area contributed by atoms with Crippen molar-refractivity contribution < 1.29 is 9.90 Å². The maximum Gasteiger partial charge on any atom is 0.307 e. The van der Waals surface area contributed by atoms with E-state index in [9.17, 15) is 4.79 Å². The molecule has 0 aliphatic heterocycles. The number of aliphatic carboxylic acids is 1. The van der Waals surface area contributed by atoms with Gasteiger partial charge in [0.05, 0.1) is 6.42 Å². The SMILES string of the molecule is Cc1cc(CC(=O)O)ccc1Sc1ccc(Cl)cc1. The molecule has 2 aromatic rings. The Bertz CT molecular complexity index is 594. The quantitative estimate of drug-likeness (QED) is 0.906. The molecule has 0 saturated carbocycles.